The van der Waals surface area contributed by atoms with Crippen LogP contribution in [0.3, 0.4) is 0 Å². The quantitative estimate of drug-likeness (QED) is 0.338. The Morgan fingerprint density at radius 3 is 1.84 bits per heavy atom. The van der Waals surface area contributed by atoms with Gasteiger partial charge in [-0.15, -0.1) is 0 Å². The molecule has 0 spiro atoms. The third-order valence-corrected chi connectivity index (χ3v) is 5.44. The number of nitrogens with zero attached hydrogens (tertiary/aromatic N) is 4. The Hall–Kier alpha value is -4.18. The number of dihydropyridines is 1. The van der Waals surface area contributed by atoms with Gasteiger partial charge in [-0.2, -0.15) is 0 Å². The van der Waals surface area contributed by atoms with Crippen LogP contribution in [0.1, 0.15) is 6.42 Å². The number of allylic oxidation sites excluding steroid dienone is 1. The highest BCUT2D eigenvalue weighted by atomic mass is 15.3. The fourth-order valence-corrected chi connectivity index (χ4v) is 3.96. The largest absolute Gasteiger partial charge is 0.319 e. The van der Waals surface area contributed by atoms with Crippen molar-refractivity contribution in [3.63, 3.8) is 0 Å². The summed E-state index contributed by atoms with van der Waals surface area (Å²) in [6.07, 6.45) is 8.79. The van der Waals surface area contributed by atoms with Gasteiger partial charge in [0.25, 0.3) is 0 Å². The smallest absolute Gasteiger partial charge is 0.137 e. The van der Waals surface area contributed by atoms with E-state index in [1.807, 2.05) is 61.0 Å². The molecule has 1 unspecified atom stereocenters. The van der Waals surface area contributed by atoms with Gasteiger partial charge in [-0.05, 0) is 66.7 Å². The first-order valence-electron chi connectivity index (χ1n) is 10.8. The van der Waals surface area contributed by atoms with E-state index in [-0.39, 0.29) is 6.17 Å². The van der Waals surface area contributed by atoms with Gasteiger partial charge in [-0.25, -0.2) is 4.98 Å². The van der Waals surface area contributed by atoms with Crippen LogP contribution in [0.15, 0.2) is 126 Å². The molecule has 0 fully saturated rings. The average Bonchev–Trinajstić information content (AvgIpc) is 2.88. The van der Waals surface area contributed by atoms with E-state index in [0.29, 0.717) is 0 Å². The second kappa shape index (κ2) is 9.31. The summed E-state index contributed by atoms with van der Waals surface area (Å²) in [4.78, 5) is 13.8. The molecule has 156 valence electrons. The van der Waals surface area contributed by atoms with Crippen molar-refractivity contribution in [3.8, 4) is 0 Å². The van der Waals surface area contributed by atoms with Crippen molar-refractivity contribution in [1.82, 2.24) is 4.98 Å². The van der Waals surface area contributed by atoms with Gasteiger partial charge in [0, 0.05) is 41.6 Å². The monoisotopic (exact) mass is 416 g/mol. The second-order valence-electron chi connectivity index (χ2n) is 7.52. The third kappa shape index (κ3) is 4.16. The predicted octanol–water partition coefficient (Wildman–Crippen LogP) is 7.05. The lowest BCUT2D eigenvalue weighted by Crippen LogP contribution is -2.30. The fourth-order valence-electron chi connectivity index (χ4n) is 3.96. The molecule has 4 nitrogen and oxygen atoms in total. The molecule has 1 atom stereocenters. The number of hydrogen-bond donors (Lipinski definition) is 0. The number of para-hydroxylation sites is 2. The summed E-state index contributed by atoms with van der Waals surface area (Å²) in [6, 6.07) is 35.4. The highest BCUT2D eigenvalue weighted by Gasteiger charge is 2.20. The molecule has 32 heavy (non-hydrogen) atoms. The standard InChI is InChI=1S/C28H24N4/c1-3-11-23(12-4-1)31(27-15-7-9-21-29-27)25-17-19-26(20-18-25)32(24-13-5-2-6-14-24)28-16-8-10-22-30-28/h1-15,17-22,28H,16H2. The van der Waals surface area contributed by atoms with Gasteiger partial charge in [0.05, 0.1) is 0 Å². The van der Waals surface area contributed by atoms with Gasteiger partial charge in [-0.1, -0.05) is 48.5 Å². The first-order valence-corrected chi connectivity index (χ1v) is 10.8. The SMILES string of the molecule is C1=CCC(N(c2ccccc2)c2ccc(N(c3ccccc3)c3ccccn3)cc2)N=C1. The molecule has 1 aliphatic heterocycles. The van der Waals surface area contributed by atoms with E-state index in [1.54, 1.807) is 0 Å². The lowest BCUT2D eigenvalue weighted by Gasteiger charge is -2.32. The van der Waals surface area contributed by atoms with E-state index in [4.69, 9.17) is 4.99 Å². The molecular formula is C28H24N4. The number of benzene rings is 3. The molecule has 0 saturated heterocycles. The zero-order valence-electron chi connectivity index (χ0n) is 17.7. The number of anilines is 5. The van der Waals surface area contributed by atoms with Crippen molar-refractivity contribution in [1.29, 1.82) is 0 Å². The van der Waals surface area contributed by atoms with Crippen LogP contribution in [-0.2, 0) is 0 Å². The van der Waals surface area contributed by atoms with Crippen LogP contribution in [0.25, 0.3) is 0 Å². The minimum atomic E-state index is 0.0364. The number of hydrogen-bond acceptors (Lipinski definition) is 4. The van der Waals surface area contributed by atoms with Gasteiger partial charge in [0.15, 0.2) is 0 Å². The van der Waals surface area contributed by atoms with Crippen molar-refractivity contribution < 1.29 is 0 Å². The highest BCUT2D eigenvalue weighted by molar-refractivity contribution is 5.77. The van der Waals surface area contributed by atoms with Crippen LogP contribution < -0.4 is 9.80 Å². The zero-order chi connectivity index (χ0) is 21.6. The average molecular weight is 417 g/mol. The predicted molar refractivity (Wildman–Crippen MR) is 134 cm³/mol. The lowest BCUT2D eigenvalue weighted by atomic mass is 10.1. The van der Waals surface area contributed by atoms with Crippen LogP contribution in [0.4, 0.5) is 28.6 Å². The summed E-state index contributed by atoms with van der Waals surface area (Å²) in [7, 11) is 0. The third-order valence-electron chi connectivity index (χ3n) is 5.44. The Morgan fingerprint density at radius 1 is 0.625 bits per heavy atom. The van der Waals surface area contributed by atoms with Crippen LogP contribution in [0.5, 0.6) is 0 Å². The van der Waals surface area contributed by atoms with Crippen LogP contribution in [0.2, 0.25) is 0 Å². The van der Waals surface area contributed by atoms with E-state index in [0.717, 1.165) is 35.0 Å². The molecule has 4 aromatic rings. The van der Waals surface area contributed by atoms with Crippen LogP contribution in [0, 0.1) is 0 Å². The molecule has 1 aliphatic rings. The molecule has 5 rings (SSSR count). The molecule has 0 N–H and O–H groups in total. The normalized spacial score (nSPS) is 14.8. The molecule has 0 aliphatic carbocycles. The topological polar surface area (TPSA) is 31.7 Å². The maximum Gasteiger partial charge on any atom is 0.137 e. The Morgan fingerprint density at radius 2 is 1.22 bits per heavy atom. The summed E-state index contributed by atoms with van der Waals surface area (Å²) >= 11 is 0. The van der Waals surface area contributed by atoms with Crippen molar-refractivity contribution in [2.75, 3.05) is 9.80 Å². The molecule has 0 saturated carbocycles. The van der Waals surface area contributed by atoms with Crippen molar-refractivity contribution >= 4 is 34.8 Å². The van der Waals surface area contributed by atoms with E-state index in [2.05, 4.69) is 81.5 Å². The van der Waals surface area contributed by atoms with Crippen LogP contribution >= 0.6 is 0 Å². The number of pyridine rings is 1. The van der Waals surface area contributed by atoms with E-state index < -0.39 is 0 Å². The molecular weight excluding hydrogens is 392 g/mol. The van der Waals surface area contributed by atoms with E-state index in [1.165, 1.54) is 0 Å². The number of aliphatic imine (C=N–C) groups is 1. The molecule has 0 bridgehead atoms. The van der Waals surface area contributed by atoms with Crippen molar-refractivity contribution in [2.24, 2.45) is 4.99 Å². The maximum atomic E-state index is 4.73. The fraction of sp³-hybridized carbons (Fsp3) is 0.0714. The minimum absolute atomic E-state index is 0.0364. The van der Waals surface area contributed by atoms with Gasteiger partial charge >= 0.3 is 0 Å². The first-order chi connectivity index (χ1) is 15.9. The molecule has 3 aromatic carbocycles. The molecule has 0 amide bonds. The maximum absolute atomic E-state index is 4.73. The summed E-state index contributed by atoms with van der Waals surface area (Å²) in [6.45, 7) is 0. The lowest BCUT2D eigenvalue weighted by molar-refractivity contribution is 0.692. The Bertz CT molecular complexity index is 1150. The van der Waals surface area contributed by atoms with Gasteiger partial charge < -0.3 is 4.90 Å². The van der Waals surface area contributed by atoms with E-state index >= 15 is 0 Å². The Kier molecular flexibility index (Phi) is 5.75. The summed E-state index contributed by atoms with van der Waals surface area (Å²) in [5.41, 5.74) is 4.35. The number of rotatable bonds is 6. The summed E-state index contributed by atoms with van der Waals surface area (Å²) in [5, 5.41) is 0. The van der Waals surface area contributed by atoms with Crippen molar-refractivity contribution in [3.05, 3.63) is 121 Å². The molecule has 2 heterocycles. The summed E-state index contributed by atoms with van der Waals surface area (Å²) < 4.78 is 0. The minimum Gasteiger partial charge on any atom is -0.319 e. The first kappa shape index (κ1) is 19.8. The molecule has 0 radical (unpaired) electrons. The number of aromatic nitrogens is 1. The van der Waals surface area contributed by atoms with Gasteiger partial charge in [0.2, 0.25) is 0 Å². The van der Waals surface area contributed by atoms with Crippen LogP contribution in [-0.4, -0.2) is 17.4 Å². The highest BCUT2D eigenvalue weighted by Crippen LogP contribution is 2.36. The summed E-state index contributed by atoms with van der Waals surface area (Å²) in [5.74, 6) is 0.883. The Balaban J connectivity index is 1.53. The van der Waals surface area contributed by atoms with Crippen molar-refractivity contribution in [2.45, 2.75) is 12.6 Å². The molecule has 4 heteroatoms. The van der Waals surface area contributed by atoms with E-state index in [9.17, 15) is 0 Å². The van der Waals surface area contributed by atoms with Gasteiger partial charge in [0.1, 0.15) is 12.0 Å². The molecule has 1 aromatic heterocycles. The van der Waals surface area contributed by atoms with Gasteiger partial charge in [-0.3, -0.25) is 9.89 Å². The Labute approximate surface area is 188 Å². The zero-order valence-corrected chi connectivity index (χ0v) is 17.7. The second-order valence-corrected chi connectivity index (χ2v) is 7.52.